The van der Waals surface area contributed by atoms with Crippen LogP contribution in [0.4, 0.5) is 21.7 Å². The van der Waals surface area contributed by atoms with Crippen molar-refractivity contribution in [3.63, 3.8) is 0 Å². The number of ether oxygens (including phenoxy) is 1. The van der Waals surface area contributed by atoms with Crippen LogP contribution in [0, 0.1) is 17.1 Å². The van der Waals surface area contributed by atoms with E-state index in [0.29, 0.717) is 55.1 Å². The molecule has 43 heavy (non-hydrogen) atoms. The number of anilines is 3. The number of pyridine rings is 1. The Hall–Kier alpha value is -4.05. The van der Waals surface area contributed by atoms with E-state index in [-0.39, 0.29) is 29.6 Å². The Morgan fingerprint density at radius 3 is 2.84 bits per heavy atom. The molecule has 3 aromatic rings. The number of benzene rings is 1. The normalized spacial score (nSPS) is 22.6. The van der Waals surface area contributed by atoms with Gasteiger partial charge in [-0.15, -0.1) is 0 Å². The summed E-state index contributed by atoms with van der Waals surface area (Å²) in [4.78, 5) is 24.0. The third-order valence-electron chi connectivity index (χ3n) is 9.54. The van der Waals surface area contributed by atoms with E-state index in [1.54, 1.807) is 6.20 Å². The number of nitrogen functional groups attached to an aromatic ring is 2. The number of aromatic nitrogens is 3. The van der Waals surface area contributed by atoms with Gasteiger partial charge in [0.1, 0.15) is 30.1 Å². The van der Waals surface area contributed by atoms with Crippen molar-refractivity contribution < 1.29 is 14.0 Å². The van der Waals surface area contributed by atoms with Crippen molar-refractivity contribution in [3.05, 3.63) is 63.7 Å². The summed E-state index contributed by atoms with van der Waals surface area (Å²) < 4.78 is 21.5. The molecule has 6 rings (SSSR count). The number of halogens is 1. The van der Waals surface area contributed by atoms with Crippen molar-refractivity contribution in [2.24, 2.45) is 0 Å². The van der Waals surface area contributed by atoms with Gasteiger partial charge in [-0.25, -0.2) is 9.37 Å². The van der Waals surface area contributed by atoms with E-state index in [1.807, 2.05) is 38.3 Å². The van der Waals surface area contributed by atoms with Gasteiger partial charge >= 0.3 is 6.01 Å². The molecule has 11 nitrogen and oxygen atoms in total. The number of nitrogens with zero attached hydrogens (tertiary/aromatic N) is 7. The average molecular weight is 588 g/mol. The van der Waals surface area contributed by atoms with Gasteiger partial charge in [0.2, 0.25) is 0 Å². The SMILES string of the molecule is C[C@H](c1cccnc1N)N(C)c1nc(OC[C@@H]2CCON2C)nc2c1CN(C)[C@]1(CCCc3c(F)cc(N)c(C#N)c31)C2. The smallest absolute Gasteiger partial charge is 0.318 e. The van der Waals surface area contributed by atoms with Gasteiger partial charge in [-0.2, -0.15) is 20.3 Å². The highest BCUT2D eigenvalue weighted by molar-refractivity contribution is 5.64. The summed E-state index contributed by atoms with van der Waals surface area (Å²) in [5.74, 6) is 0.829. The van der Waals surface area contributed by atoms with Crippen molar-refractivity contribution >= 4 is 17.3 Å². The molecule has 0 radical (unpaired) electrons. The minimum atomic E-state index is -0.651. The molecule has 2 aromatic heterocycles. The molecule has 1 aliphatic carbocycles. The lowest BCUT2D eigenvalue weighted by atomic mass is 9.68. The first kappa shape index (κ1) is 29.0. The third-order valence-corrected chi connectivity index (χ3v) is 9.54. The lowest BCUT2D eigenvalue weighted by molar-refractivity contribution is -0.115. The topological polar surface area (TPSA) is 143 Å². The molecule has 1 fully saturated rings. The Labute approximate surface area is 251 Å². The largest absolute Gasteiger partial charge is 0.462 e. The van der Waals surface area contributed by atoms with E-state index in [4.69, 9.17) is 31.0 Å². The summed E-state index contributed by atoms with van der Waals surface area (Å²) in [5.41, 5.74) is 16.2. The highest BCUT2D eigenvalue weighted by Crippen LogP contribution is 2.50. The van der Waals surface area contributed by atoms with Gasteiger partial charge in [0.05, 0.1) is 41.2 Å². The monoisotopic (exact) mass is 587 g/mol. The summed E-state index contributed by atoms with van der Waals surface area (Å²) >= 11 is 0. The molecule has 226 valence electrons. The zero-order chi connectivity index (χ0) is 30.5. The van der Waals surface area contributed by atoms with Crippen LogP contribution in [0.15, 0.2) is 24.4 Å². The van der Waals surface area contributed by atoms with Gasteiger partial charge < -0.3 is 21.1 Å². The van der Waals surface area contributed by atoms with E-state index in [2.05, 4.69) is 27.8 Å². The van der Waals surface area contributed by atoms with E-state index in [0.717, 1.165) is 41.9 Å². The first-order chi connectivity index (χ1) is 20.6. The van der Waals surface area contributed by atoms with Crippen molar-refractivity contribution in [2.45, 2.75) is 63.2 Å². The number of hydrogen-bond donors (Lipinski definition) is 2. The number of nitrogens with two attached hydrogens (primary N) is 2. The maximum atomic E-state index is 15.3. The van der Waals surface area contributed by atoms with Crippen LogP contribution in [0.2, 0.25) is 0 Å². The molecule has 0 unspecified atom stereocenters. The van der Waals surface area contributed by atoms with Crippen LogP contribution in [-0.2, 0) is 29.8 Å². The van der Waals surface area contributed by atoms with Crippen LogP contribution >= 0.6 is 0 Å². The second-order valence-electron chi connectivity index (χ2n) is 11.9. The number of hydrogen-bond acceptors (Lipinski definition) is 11. The maximum Gasteiger partial charge on any atom is 0.318 e. The molecular formula is C31H38FN9O2. The van der Waals surface area contributed by atoms with Gasteiger partial charge in [0.15, 0.2) is 0 Å². The van der Waals surface area contributed by atoms with Crippen LogP contribution < -0.4 is 21.1 Å². The zero-order valence-electron chi connectivity index (χ0n) is 25.1. The van der Waals surface area contributed by atoms with E-state index in [9.17, 15) is 5.26 Å². The van der Waals surface area contributed by atoms with E-state index < -0.39 is 5.54 Å². The molecule has 1 saturated heterocycles. The van der Waals surface area contributed by atoms with E-state index >= 15 is 4.39 Å². The fraction of sp³-hybridized carbons (Fsp3) is 0.484. The number of rotatable bonds is 6. The standard InChI is InChI=1S/C31H38FN9O2/c1-18(20-8-6-11-36-28(20)35)40(3)29-23-16-39(2)31(10-5-7-21-24(32)13-25(34)22(15-33)27(21)31)14-26(23)37-30(38-29)42-17-19-9-12-43-41(19)4/h6,8,11,13,18-19H,5,7,9-10,12,14,16-17,34H2,1-4H3,(H2,35,36)/t18-,19+,31-/m1/s1. The van der Waals surface area contributed by atoms with Crippen LogP contribution in [-0.4, -0.2) is 65.3 Å². The van der Waals surface area contributed by atoms with Crippen molar-refractivity contribution in [1.29, 1.82) is 5.26 Å². The van der Waals surface area contributed by atoms with Crippen molar-refractivity contribution in [2.75, 3.05) is 50.7 Å². The molecule has 0 bridgehead atoms. The molecule has 3 aliphatic rings. The maximum absolute atomic E-state index is 15.3. The number of fused-ring (bicyclic) bond motifs is 3. The molecule has 3 atom stereocenters. The fourth-order valence-electron chi connectivity index (χ4n) is 6.94. The van der Waals surface area contributed by atoms with Crippen molar-refractivity contribution in [1.82, 2.24) is 24.9 Å². The highest BCUT2D eigenvalue weighted by atomic mass is 19.1. The van der Waals surface area contributed by atoms with Gasteiger partial charge in [-0.3, -0.25) is 9.74 Å². The Balaban J connectivity index is 1.46. The first-order valence-electron chi connectivity index (χ1n) is 14.7. The van der Waals surface area contributed by atoms with E-state index in [1.165, 1.54) is 6.07 Å². The zero-order valence-corrected chi connectivity index (χ0v) is 25.1. The Kier molecular flexibility index (Phi) is 7.58. The fourth-order valence-corrected chi connectivity index (χ4v) is 6.94. The minimum absolute atomic E-state index is 0.0850. The molecule has 4 N–H and O–H groups in total. The molecule has 1 aromatic carbocycles. The summed E-state index contributed by atoms with van der Waals surface area (Å²) in [7, 11) is 5.89. The Bertz CT molecular complexity index is 1590. The molecule has 1 spiro atoms. The van der Waals surface area contributed by atoms with Gasteiger partial charge in [0.25, 0.3) is 0 Å². The molecule has 4 heterocycles. The van der Waals surface area contributed by atoms with Crippen molar-refractivity contribution in [3.8, 4) is 12.1 Å². The van der Waals surface area contributed by atoms with Gasteiger partial charge in [-0.1, -0.05) is 6.07 Å². The lowest BCUT2D eigenvalue weighted by Crippen LogP contribution is -2.51. The number of likely N-dealkylation sites (N-methyl/N-ethyl adjacent to an activating group) is 2. The van der Waals surface area contributed by atoms with Crippen LogP contribution in [0.3, 0.4) is 0 Å². The Morgan fingerprint density at radius 2 is 2.12 bits per heavy atom. The van der Waals surface area contributed by atoms with Crippen LogP contribution in [0.1, 0.15) is 65.7 Å². The van der Waals surface area contributed by atoms with Gasteiger partial charge in [0, 0.05) is 44.4 Å². The molecular weight excluding hydrogens is 549 g/mol. The minimum Gasteiger partial charge on any atom is -0.462 e. The summed E-state index contributed by atoms with van der Waals surface area (Å²) in [5, 5.41) is 12.0. The lowest BCUT2D eigenvalue weighted by Gasteiger charge is -2.50. The summed E-state index contributed by atoms with van der Waals surface area (Å²) in [6.07, 6.45) is 5.07. The van der Waals surface area contributed by atoms with Gasteiger partial charge in [-0.05, 0) is 62.9 Å². The average Bonchev–Trinajstić information content (AvgIpc) is 3.41. The summed E-state index contributed by atoms with van der Waals surface area (Å²) in [6.45, 7) is 3.56. The highest BCUT2D eigenvalue weighted by Gasteiger charge is 2.48. The second-order valence-corrected chi connectivity index (χ2v) is 11.9. The molecule has 2 aliphatic heterocycles. The third kappa shape index (κ3) is 4.91. The van der Waals surface area contributed by atoms with Crippen LogP contribution in [0.5, 0.6) is 6.01 Å². The summed E-state index contributed by atoms with van der Waals surface area (Å²) in [6, 6.07) is 7.60. The molecule has 12 heteroatoms. The number of nitriles is 1. The predicted molar refractivity (Wildman–Crippen MR) is 160 cm³/mol. The molecule has 0 saturated carbocycles. The predicted octanol–water partition coefficient (Wildman–Crippen LogP) is 3.48. The van der Waals surface area contributed by atoms with Crippen LogP contribution in [0.25, 0.3) is 0 Å². The number of hydroxylamine groups is 2. The Morgan fingerprint density at radius 1 is 1.30 bits per heavy atom. The quantitative estimate of drug-likeness (QED) is 0.409. The second kappa shape index (κ2) is 11.2. The molecule has 0 amide bonds. The first-order valence-corrected chi connectivity index (χ1v) is 14.7.